The molecular weight excluding hydrogens is 324 g/mol. The first-order chi connectivity index (χ1) is 12.0. The number of hydrogen-bond donors (Lipinski definition) is 1. The third-order valence-electron chi connectivity index (χ3n) is 4.30. The molecule has 132 valence electrons. The van der Waals surface area contributed by atoms with Gasteiger partial charge < -0.3 is 9.73 Å². The fourth-order valence-corrected chi connectivity index (χ4v) is 2.81. The van der Waals surface area contributed by atoms with Crippen molar-refractivity contribution in [2.45, 2.75) is 39.8 Å². The van der Waals surface area contributed by atoms with Crippen LogP contribution < -0.4 is 5.32 Å². The molecule has 0 radical (unpaired) electrons. The quantitative estimate of drug-likeness (QED) is 0.717. The van der Waals surface area contributed by atoms with E-state index in [-0.39, 0.29) is 11.7 Å². The van der Waals surface area contributed by atoms with Crippen LogP contribution in [0.25, 0.3) is 5.69 Å². The molecule has 0 saturated heterocycles. The van der Waals surface area contributed by atoms with Crippen LogP contribution in [0.15, 0.2) is 40.9 Å². The Balaban J connectivity index is 1.75. The first-order valence-corrected chi connectivity index (χ1v) is 8.30. The number of aryl methyl sites for hydroxylation is 1. The third kappa shape index (κ3) is 3.64. The van der Waals surface area contributed by atoms with Crippen LogP contribution in [0, 0.1) is 18.6 Å². The number of furan rings is 1. The van der Waals surface area contributed by atoms with Crippen molar-refractivity contribution in [1.82, 2.24) is 15.1 Å². The van der Waals surface area contributed by atoms with Crippen molar-refractivity contribution >= 4 is 0 Å². The molecule has 25 heavy (non-hydrogen) atoms. The van der Waals surface area contributed by atoms with E-state index in [2.05, 4.69) is 10.4 Å². The van der Waals surface area contributed by atoms with Gasteiger partial charge in [-0.3, -0.25) is 0 Å². The number of benzene rings is 1. The zero-order valence-electron chi connectivity index (χ0n) is 14.5. The lowest BCUT2D eigenvalue weighted by Gasteiger charge is -2.13. The van der Waals surface area contributed by atoms with Crippen molar-refractivity contribution in [2.24, 2.45) is 0 Å². The predicted octanol–water partition coefficient (Wildman–Crippen LogP) is 4.47. The summed E-state index contributed by atoms with van der Waals surface area (Å²) in [4.78, 5) is 0. The zero-order valence-corrected chi connectivity index (χ0v) is 14.5. The van der Waals surface area contributed by atoms with Crippen LogP contribution in [-0.4, -0.2) is 9.78 Å². The fourth-order valence-electron chi connectivity index (χ4n) is 2.81. The van der Waals surface area contributed by atoms with E-state index in [1.165, 1.54) is 16.8 Å². The Morgan fingerprint density at radius 1 is 1.20 bits per heavy atom. The minimum Gasteiger partial charge on any atom is -0.465 e. The molecule has 1 atom stereocenters. The molecule has 0 spiro atoms. The lowest BCUT2D eigenvalue weighted by Crippen LogP contribution is -2.18. The normalized spacial score (nSPS) is 12.5. The van der Waals surface area contributed by atoms with E-state index in [1.54, 1.807) is 6.20 Å². The Bertz CT molecular complexity index is 869. The van der Waals surface area contributed by atoms with Gasteiger partial charge >= 0.3 is 0 Å². The summed E-state index contributed by atoms with van der Waals surface area (Å²) < 4.78 is 34.3. The highest BCUT2D eigenvalue weighted by atomic mass is 19.1. The van der Waals surface area contributed by atoms with Crippen LogP contribution >= 0.6 is 0 Å². The highest BCUT2D eigenvalue weighted by Gasteiger charge is 2.16. The summed E-state index contributed by atoms with van der Waals surface area (Å²) in [7, 11) is 0. The largest absolute Gasteiger partial charge is 0.465 e. The Hall–Kier alpha value is -2.47. The minimum absolute atomic E-state index is 0.00689. The molecule has 3 aromatic rings. The zero-order chi connectivity index (χ0) is 18.0. The average Bonchev–Trinajstić information content (AvgIpc) is 3.19. The van der Waals surface area contributed by atoms with E-state index in [9.17, 15) is 8.78 Å². The van der Waals surface area contributed by atoms with E-state index in [4.69, 9.17) is 4.42 Å². The molecule has 0 aliphatic heterocycles. The maximum Gasteiger partial charge on any atom is 0.151 e. The summed E-state index contributed by atoms with van der Waals surface area (Å²) in [6.07, 6.45) is 2.57. The number of aromatic nitrogens is 2. The molecule has 4 nitrogen and oxygen atoms in total. The lowest BCUT2D eigenvalue weighted by atomic mass is 10.1. The van der Waals surface area contributed by atoms with E-state index < -0.39 is 11.6 Å². The summed E-state index contributed by atoms with van der Waals surface area (Å²) in [6, 6.07) is 7.42. The molecule has 0 amide bonds. The van der Waals surface area contributed by atoms with Gasteiger partial charge in [0.25, 0.3) is 0 Å². The number of rotatable bonds is 6. The molecule has 6 heteroatoms. The SMILES string of the molecule is CCc1ccc(CNC(C)c2cnn(-c3ccc(F)cc3F)c2C)o1. The molecule has 0 saturated carbocycles. The maximum atomic E-state index is 14.0. The molecule has 1 N–H and O–H groups in total. The molecule has 2 aromatic heterocycles. The number of nitrogens with one attached hydrogen (secondary N) is 1. The van der Waals surface area contributed by atoms with Crippen molar-refractivity contribution in [3.63, 3.8) is 0 Å². The van der Waals surface area contributed by atoms with Crippen molar-refractivity contribution in [3.8, 4) is 5.69 Å². The van der Waals surface area contributed by atoms with E-state index in [0.29, 0.717) is 6.54 Å². The van der Waals surface area contributed by atoms with Gasteiger partial charge in [-0.05, 0) is 38.1 Å². The van der Waals surface area contributed by atoms with Crippen LogP contribution in [0.2, 0.25) is 0 Å². The second-order valence-corrected chi connectivity index (χ2v) is 6.02. The summed E-state index contributed by atoms with van der Waals surface area (Å²) in [5.41, 5.74) is 1.99. The van der Waals surface area contributed by atoms with Gasteiger partial charge in [0, 0.05) is 29.8 Å². The summed E-state index contributed by atoms with van der Waals surface area (Å²) >= 11 is 0. The Morgan fingerprint density at radius 3 is 2.64 bits per heavy atom. The van der Waals surface area contributed by atoms with Crippen molar-refractivity contribution < 1.29 is 13.2 Å². The van der Waals surface area contributed by atoms with Crippen molar-refractivity contribution in [2.75, 3.05) is 0 Å². The van der Waals surface area contributed by atoms with Crippen LogP contribution in [0.1, 0.15) is 42.7 Å². The van der Waals surface area contributed by atoms with E-state index in [1.807, 2.05) is 32.9 Å². The predicted molar refractivity (Wildman–Crippen MR) is 91.6 cm³/mol. The van der Waals surface area contributed by atoms with Crippen LogP contribution in [0.5, 0.6) is 0 Å². The number of hydrogen-bond acceptors (Lipinski definition) is 3. The summed E-state index contributed by atoms with van der Waals surface area (Å²) in [6.45, 7) is 6.52. The van der Waals surface area contributed by atoms with Gasteiger partial charge in [0.15, 0.2) is 5.82 Å². The maximum absolute atomic E-state index is 14.0. The van der Waals surface area contributed by atoms with E-state index in [0.717, 1.165) is 35.3 Å². The fraction of sp³-hybridized carbons (Fsp3) is 0.316. The minimum atomic E-state index is -0.638. The second-order valence-electron chi connectivity index (χ2n) is 6.02. The summed E-state index contributed by atoms with van der Waals surface area (Å²) in [5, 5.41) is 7.64. The Labute approximate surface area is 145 Å². The first-order valence-electron chi connectivity index (χ1n) is 8.30. The molecule has 0 aliphatic rings. The first kappa shape index (κ1) is 17.4. The standard InChI is InChI=1S/C19H21F2N3O/c1-4-15-6-7-16(25-15)10-22-12(2)17-11-23-24(13(17)3)19-8-5-14(20)9-18(19)21/h5-9,11-12,22H,4,10H2,1-3H3. The molecule has 0 aliphatic carbocycles. The smallest absolute Gasteiger partial charge is 0.151 e. The molecule has 3 rings (SSSR count). The van der Waals surface area contributed by atoms with Crippen LogP contribution in [-0.2, 0) is 13.0 Å². The van der Waals surface area contributed by atoms with E-state index >= 15 is 0 Å². The second kappa shape index (κ2) is 7.19. The van der Waals surface area contributed by atoms with Gasteiger partial charge in [-0.2, -0.15) is 5.10 Å². The van der Waals surface area contributed by atoms with Gasteiger partial charge in [0.1, 0.15) is 23.0 Å². The number of halogens is 2. The molecule has 2 heterocycles. The van der Waals surface area contributed by atoms with Crippen molar-refractivity contribution in [3.05, 3.63) is 70.9 Å². The molecular formula is C19H21F2N3O. The Kier molecular flexibility index (Phi) is 4.99. The van der Waals surface area contributed by atoms with Crippen LogP contribution in [0.4, 0.5) is 8.78 Å². The van der Waals surface area contributed by atoms with Gasteiger partial charge in [0.2, 0.25) is 0 Å². The van der Waals surface area contributed by atoms with Crippen molar-refractivity contribution in [1.29, 1.82) is 0 Å². The van der Waals surface area contributed by atoms with Gasteiger partial charge in [-0.1, -0.05) is 6.92 Å². The highest BCUT2D eigenvalue weighted by molar-refractivity contribution is 5.37. The topological polar surface area (TPSA) is 43.0 Å². The average molecular weight is 345 g/mol. The molecule has 1 unspecified atom stereocenters. The van der Waals surface area contributed by atoms with Gasteiger partial charge in [0.05, 0.1) is 12.7 Å². The highest BCUT2D eigenvalue weighted by Crippen LogP contribution is 2.22. The third-order valence-corrected chi connectivity index (χ3v) is 4.30. The monoisotopic (exact) mass is 345 g/mol. The molecule has 0 bridgehead atoms. The van der Waals surface area contributed by atoms with Gasteiger partial charge in [-0.25, -0.2) is 13.5 Å². The molecule has 0 fully saturated rings. The van der Waals surface area contributed by atoms with Gasteiger partial charge in [-0.15, -0.1) is 0 Å². The van der Waals surface area contributed by atoms with Crippen LogP contribution in [0.3, 0.4) is 0 Å². The summed E-state index contributed by atoms with van der Waals surface area (Å²) in [5.74, 6) is 0.589. The Morgan fingerprint density at radius 2 is 1.96 bits per heavy atom. The molecule has 1 aromatic carbocycles. The lowest BCUT2D eigenvalue weighted by molar-refractivity contribution is 0.435. The number of nitrogens with zero attached hydrogens (tertiary/aromatic N) is 2.